The quantitative estimate of drug-likeness (QED) is 0.647. The van der Waals surface area contributed by atoms with Gasteiger partial charge in [-0.2, -0.15) is 4.31 Å². The van der Waals surface area contributed by atoms with Crippen molar-refractivity contribution in [1.29, 1.82) is 0 Å². The first kappa shape index (κ1) is 19.1. The highest BCUT2D eigenvalue weighted by atomic mass is 35.5. The van der Waals surface area contributed by atoms with E-state index in [4.69, 9.17) is 11.6 Å². The highest BCUT2D eigenvalue weighted by Crippen LogP contribution is 2.34. The van der Waals surface area contributed by atoms with E-state index < -0.39 is 25.5 Å². The summed E-state index contributed by atoms with van der Waals surface area (Å²) >= 11 is 5.91. The Labute approximate surface area is 140 Å². The number of halogens is 2. The van der Waals surface area contributed by atoms with E-state index in [1.165, 1.54) is 16.4 Å². The van der Waals surface area contributed by atoms with Crippen LogP contribution in [-0.2, 0) is 10.0 Å². The zero-order valence-electron chi connectivity index (χ0n) is 11.9. The third kappa shape index (κ3) is 3.69. The molecule has 0 aliphatic carbocycles. The maximum absolute atomic E-state index is 12.6. The van der Waals surface area contributed by atoms with Gasteiger partial charge in [0.2, 0.25) is 0 Å². The molecular weight excluding hydrogens is 353 g/mol. The topological polar surface area (TPSA) is 92.6 Å². The van der Waals surface area contributed by atoms with Crippen LogP contribution in [0.2, 0.25) is 5.02 Å². The van der Waals surface area contributed by atoms with Crippen molar-refractivity contribution in [3.05, 3.63) is 33.3 Å². The molecule has 1 aliphatic heterocycles. The molecule has 1 fully saturated rings. The van der Waals surface area contributed by atoms with E-state index >= 15 is 0 Å². The van der Waals surface area contributed by atoms with Gasteiger partial charge in [0.15, 0.2) is 4.90 Å². The Morgan fingerprint density at radius 2 is 1.95 bits per heavy atom. The molecule has 1 saturated heterocycles. The maximum Gasteiger partial charge on any atom is 0.290 e. The van der Waals surface area contributed by atoms with Crippen molar-refractivity contribution in [2.75, 3.05) is 20.1 Å². The van der Waals surface area contributed by atoms with Gasteiger partial charge in [0.1, 0.15) is 0 Å². The minimum absolute atomic E-state index is 0. The first-order chi connectivity index (χ1) is 9.87. The predicted molar refractivity (Wildman–Crippen MR) is 86.2 cm³/mol. The molecule has 0 radical (unpaired) electrons. The Bertz CT molecular complexity index is 646. The molecule has 1 aromatic carbocycles. The zero-order chi connectivity index (χ0) is 15.6. The summed E-state index contributed by atoms with van der Waals surface area (Å²) in [6.07, 6.45) is 1.32. The van der Waals surface area contributed by atoms with Crippen LogP contribution in [0.25, 0.3) is 0 Å². The molecule has 0 bridgehead atoms. The van der Waals surface area contributed by atoms with Crippen LogP contribution < -0.4 is 5.32 Å². The lowest BCUT2D eigenvalue weighted by molar-refractivity contribution is -0.387. The molecule has 0 unspecified atom stereocenters. The fourth-order valence-electron chi connectivity index (χ4n) is 2.41. The Balaban J connectivity index is 0.00000242. The molecule has 2 rings (SSSR count). The summed E-state index contributed by atoms with van der Waals surface area (Å²) in [4.78, 5) is 9.92. The molecule has 22 heavy (non-hydrogen) atoms. The predicted octanol–water partition coefficient (Wildman–Crippen LogP) is 2.04. The molecule has 1 aromatic rings. The minimum Gasteiger partial charge on any atom is -0.317 e. The fourth-order valence-corrected chi connectivity index (χ4v) is 4.54. The number of nitro groups is 1. The number of hydrogen-bond acceptors (Lipinski definition) is 5. The average molecular weight is 370 g/mol. The first-order valence-corrected chi connectivity index (χ1v) is 8.30. The van der Waals surface area contributed by atoms with E-state index in [9.17, 15) is 18.5 Å². The second-order valence-electron chi connectivity index (χ2n) is 4.81. The van der Waals surface area contributed by atoms with Crippen molar-refractivity contribution in [3.63, 3.8) is 0 Å². The van der Waals surface area contributed by atoms with Gasteiger partial charge in [-0.3, -0.25) is 10.1 Å². The van der Waals surface area contributed by atoms with Crippen molar-refractivity contribution in [2.45, 2.75) is 23.8 Å². The zero-order valence-corrected chi connectivity index (χ0v) is 14.2. The van der Waals surface area contributed by atoms with Gasteiger partial charge in [-0.25, -0.2) is 8.42 Å². The molecule has 0 amide bonds. The third-order valence-electron chi connectivity index (χ3n) is 3.60. The average Bonchev–Trinajstić information content (AvgIpc) is 2.46. The van der Waals surface area contributed by atoms with Crippen molar-refractivity contribution >= 4 is 39.7 Å². The summed E-state index contributed by atoms with van der Waals surface area (Å²) in [5.41, 5.74) is -0.488. The number of hydrogen-bond donors (Lipinski definition) is 1. The molecule has 1 heterocycles. The van der Waals surface area contributed by atoms with Crippen LogP contribution in [-0.4, -0.2) is 43.8 Å². The molecule has 10 heteroatoms. The van der Waals surface area contributed by atoms with Crippen molar-refractivity contribution in [3.8, 4) is 0 Å². The lowest BCUT2D eigenvalue weighted by atomic mass is 10.1. The van der Waals surface area contributed by atoms with Gasteiger partial charge in [0.05, 0.1) is 9.95 Å². The van der Waals surface area contributed by atoms with Gasteiger partial charge in [-0.05, 0) is 26.0 Å². The molecular formula is C12H17Cl2N3O4S. The summed E-state index contributed by atoms with van der Waals surface area (Å²) in [5, 5.41) is 14.0. The minimum atomic E-state index is -3.97. The fraction of sp³-hybridized carbons (Fsp3) is 0.500. The number of nitrogens with zero attached hydrogens (tertiary/aromatic N) is 2. The Morgan fingerprint density at radius 3 is 2.45 bits per heavy atom. The van der Waals surface area contributed by atoms with Crippen LogP contribution in [0.4, 0.5) is 5.69 Å². The highest BCUT2D eigenvalue weighted by Gasteiger charge is 2.35. The number of rotatable bonds is 4. The number of nitrogens with one attached hydrogen (secondary N) is 1. The Hall–Kier alpha value is -0.930. The number of nitro benzene ring substituents is 1. The number of sulfonamides is 1. The highest BCUT2D eigenvalue weighted by molar-refractivity contribution is 7.89. The lowest BCUT2D eigenvalue weighted by Gasteiger charge is -2.31. The summed E-state index contributed by atoms with van der Waals surface area (Å²) in [6.45, 7) is 0.631. The van der Waals surface area contributed by atoms with Gasteiger partial charge in [0.25, 0.3) is 15.7 Å². The molecule has 0 atom stereocenters. The van der Waals surface area contributed by atoms with Crippen LogP contribution in [0.1, 0.15) is 12.8 Å². The van der Waals surface area contributed by atoms with Gasteiger partial charge in [-0.15, -0.1) is 12.4 Å². The van der Waals surface area contributed by atoms with E-state index in [0.717, 1.165) is 6.07 Å². The summed E-state index contributed by atoms with van der Waals surface area (Å²) in [6, 6.07) is 4.13. The third-order valence-corrected chi connectivity index (χ3v) is 6.02. The van der Waals surface area contributed by atoms with E-state index in [2.05, 4.69) is 5.32 Å². The maximum atomic E-state index is 12.6. The van der Waals surface area contributed by atoms with Crippen molar-refractivity contribution in [2.24, 2.45) is 0 Å². The second kappa shape index (κ2) is 7.56. The van der Waals surface area contributed by atoms with E-state index in [0.29, 0.717) is 25.9 Å². The summed E-state index contributed by atoms with van der Waals surface area (Å²) in [5.74, 6) is 0. The van der Waals surface area contributed by atoms with Crippen molar-refractivity contribution in [1.82, 2.24) is 9.62 Å². The largest absolute Gasteiger partial charge is 0.317 e. The smallest absolute Gasteiger partial charge is 0.290 e. The molecule has 124 valence electrons. The van der Waals surface area contributed by atoms with Gasteiger partial charge in [0, 0.05) is 25.2 Å². The molecule has 1 N–H and O–H groups in total. The van der Waals surface area contributed by atoms with E-state index in [1.807, 2.05) is 7.05 Å². The molecule has 0 aromatic heterocycles. The molecule has 0 spiro atoms. The standard InChI is InChI=1S/C12H16ClN3O4S.ClH/c1-14-9-5-7-15(8-6-9)21(19,20)12-10(13)3-2-4-11(12)16(17)18;/h2-4,9,14H,5-8H2,1H3;1H. The van der Waals surface area contributed by atoms with Gasteiger partial charge >= 0.3 is 0 Å². The van der Waals surface area contributed by atoms with E-state index in [1.54, 1.807) is 0 Å². The van der Waals surface area contributed by atoms with Crippen molar-refractivity contribution < 1.29 is 13.3 Å². The van der Waals surface area contributed by atoms with Crippen LogP contribution in [0.5, 0.6) is 0 Å². The Kier molecular flexibility index (Phi) is 6.57. The normalized spacial score (nSPS) is 17.0. The molecule has 0 saturated carbocycles. The molecule has 7 nitrogen and oxygen atoms in total. The summed E-state index contributed by atoms with van der Waals surface area (Å²) in [7, 11) is -2.14. The first-order valence-electron chi connectivity index (χ1n) is 6.48. The van der Waals surface area contributed by atoms with Crippen LogP contribution >= 0.6 is 24.0 Å². The monoisotopic (exact) mass is 369 g/mol. The van der Waals surface area contributed by atoms with Crippen LogP contribution in [0.15, 0.2) is 23.1 Å². The SMILES string of the molecule is CNC1CCN(S(=O)(=O)c2c(Cl)cccc2[N+](=O)[O-])CC1.Cl. The lowest BCUT2D eigenvalue weighted by Crippen LogP contribution is -2.44. The Morgan fingerprint density at radius 1 is 1.36 bits per heavy atom. The summed E-state index contributed by atoms with van der Waals surface area (Å²) < 4.78 is 26.5. The van der Waals surface area contributed by atoms with E-state index in [-0.39, 0.29) is 23.5 Å². The second-order valence-corrected chi connectivity index (χ2v) is 7.09. The number of piperidine rings is 1. The van der Waals surface area contributed by atoms with Crippen LogP contribution in [0, 0.1) is 10.1 Å². The molecule has 1 aliphatic rings. The van der Waals surface area contributed by atoms with Gasteiger partial charge in [-0.1, -0.05) is 17.7 Å². The van der Waals surface area contributed by atoms with Crippen LogP contribution in [0.3, 0.4) is 0 Å². The number of benzene rings is 1. The van der Waals surface area contributed by atoms with Gasteiger partial charge < -0.3 is 5.32 Å².